The molecule has 1 aliphatic heterocycles. The number of likely N-dealkylation sites (tertiary alicyclic amines) is 1. The van der Waals surface area contributed by atoms with Crippen LogP contribution in [0.25, 0.3) is 0 Å². The fourth-order valence-electron chi connectivity index (χ4n) is 3.80. The predicted octanol–water partition coefficient (Wildman–Crippen LogP) is 2.74. The highest BCUT2D eigenvalue weighted by Crippen LogP contribution is 2.35. The number of aryl methyl sites for hydroxylation is 1. The first-order valence-electron chi connectivity index (χ1n) is 7.71. The van der Waals surface area contributed by atoms with Gasteiger partial charge in [0.05, 0.1) is 11.7 Å². The van der Waals surface area contributed by atoms with Crippen LogP contribution in [0, 0.1) is 12.8 Å². The van der Waals surface area contributed by atoms with Crippen LogP contribution in [0.4, 0.5) is 0 Å². The van der Waals surface area contributed by atoms with Crippen molar-refractivity contribution < 1.29 is 14.3 Å². The molecule has 3 rings (SSSR count). The van der Waals surface area contributed by atoms with Gasteiger partial charge in [-0.2, -0.15) is 0 Å². The zero-order valence-electron chi connectivity index (χ0n) is 12.0. The van der Waals surface area contributed by atoms with Gasteiger partial charge in [0.15, 0.2) is 0 Å². The molecule has 1 aliphatic carbocycles. The van der Waals surface area contributed by atoms with E-state index in [0.717, 1.165) is 44.4 Å². The fourth-order valence-corrected chi connectivity index (χ4v) is 3.80. The minimum Gasteiger partial charge on any atom is -0.469 e. The number of aliphatic hydroxyl groups excluding tert-OH is 1. The van der Waals surface area contributed by atoms with Gasteiger partial charge < -0.3 is 14.4 Å². The Balaban J connectivity index is 1.76. The lowest BCUT2D eigenvalue weighted by atomic mass is 9.80. The maximum Gasteiger partial charge on any atom is 0.257 e. The molecule has 3 atom stereocenters. The Bertz CT molecular complexity index is 482. The monoisotopic (exact) mass is 277 g/mol. The number of aliphatic hydroxyl groups is 1. The van der Waals surface area contributed by atoms with Crippen molar-refractivity contribution in [3.05, 3.63) is 23.7 Å². The van der Waals surface area contributed by atoms with Crippen molar-refractivity contribution in [1.82, 2.24) is 4.90 Å². The molecule has 1 saturated carbocycles. The topological polar surface area (TPSA) is 53.7 Å². The van der Waals surface area contributed by atoms with Gasteiger partial charge in [-0.05, 0) is 38.7 Å². The molecule has 110 valence electrons. The summed E-state index contributed by atoms with van der Waals surface area (Å²) in [5, 5.41) is 10.2. The lowest BCUT2D eigenvalue weighted by Crippen LogP contribution is -2.45. The number of hydrogen-bond donors (Lipinski definition) is 1. The van der Waals surface area contributed by atoms with E-state index in [4.69, 9.17) is 4.42 Å². The van der Waals surface area contributed by atoms with Crippen molar-refractivity contribution in [2.24, 2.45) is 5.92 Å². The molecule has 2 aliphatic rings. The molecule has 0 spiro atoms. The van der Waals surface area contributed by atoms with E-state index in [1.807, 2.05) is 11.8 Å². The minimum absolute atomic E-state index is 0.0575. The summed E-state index contributed by atoms with van der Waals surface area (Å²) in [6, 6.07) is 2.00. The van der Waals surface area contributed by atoms with Crippen LogP contribution >= 0.6 is 0 Å². The van der Waals surface area contributed by atoms with Gasteiger partial charge in [-0.25, -0.2) is 0 Å². The van der Waals surface area contributed by atoms with Crippen LogP contribution in [0.3, 0.4) is 0 Å². The smallest absolute Gasteiger partial charge is 0.257 e. The van der Waals surface area contributed by atoms with E-state index in [9.17, 15) is 9.90 Å². The van der Waals surface area contributed by atoms with Crippen molar-refractivity contribution >= 4 is 5.91 Å². The second kappa shape index (κ2) is 5.60. The van der Waals surface area contributed by atoms with Crippen molar-refractivity contribution in [3.8, 4) is 0 Å². The Morgan fingerprint density at radius 2 is 2.10 bits per heavy atom. The molecule has 2 heterocycles. The van der Waals surface area contributed by atoms with Gasteiger partial charge >= 0.3 is 0 Å². The van der Waals surface area contributed by atoms with E-state index in [1.54, 1.807) is 12.3 Å². The van der Waals surface area contributed by atoms with Crippen LogP contribution in [0.1, 0.15) is 54.6 Å². The molecule has 0 unspecified atom stereocenters. The quantitative estimate of drug-likeness (QED) is 0.904. The lowest BCUT2D eigenvalue weighted by Gasteiger charge is -2.37. The lowest BCUT2D eigenvalue weighted by molar-refractivity contribution is 0.0211. The average Bonchev–Trinajstić information content (AvgIpc) is 3.07. The third-order valence-corrected chi connectivity index (χ3v) is 4.81. The number of rotatable bonds is 2. The molecule has 2 fully saturated rings. The molecule has 1 amide bonds. The molecule has 4 nitrogen and oxygen atoms in total. The van der Waals surface area contributed by atoms with Crippen LogP contribution in [0.15, 0.2) is 16.7 Å². The predicted molar refractivity (Wildman–Crippen MR) is 75.5 cm³/mol. The van der Waals surface area contributed by atoms with Gasteiger partial charge in [-0.1, -0.05) is 12.8 Å². The molecular formula is C16H23NO3. The van der Waals surface area contributed by atoms with Crippen LogP contribution in [0.5, 0.6) is 0 Å². The van der Waals surface area contributed by atoms with Crippen LogP contribution in [-0.2, 0) is 0 Å². The Kier molecular flexibility index (Phi) is 3.83. The number of carbonyl (C=O) groups is 1. The largest absolute Gasteiger partial charge is 0.469 e. The van der Waals surface area contributed by atoms with Gasteiger partial charge in [0, 0.05) is 18.5 Å². The molecule has 0 radical (unpaired) electrons. The third kappa shape index (κ3) is 2.49. The van der Waals surface area contributed by atoms with Crippen LogP contribution < -0.4 is 0 Å². The Morgan fingerprint density at radius 3 is 2.80 bits per heavy atom. The standard InChI is InChI=1S/C16H23NO3/c1-11-9-12(10-20-11)16(19)17-8-4-6-14(17)13-5-2-3-7-15(13)18/h9-10,13-15,18H,2-8H2,1H3/t13-,14-,15+/m1/s1. The summed E-state index contributed by atoms with van der Waals surface area (Å²) in [6.45, 7) is 2.65. The van der Waals surface area contributed by atoms with E-state index < -0.39 is 0 Å². The summed E-state index contributed by atoms with van der Waals surface area (Å²) in [6.07, 6.45) is 7.57. The summed E-state index contributed by atoms with van der Waals surface area (Å²) >= 11 is 0. The van der Waals surface area contributed by atoms with E-state index in [-0.39, 0.29) is 24.0 Å². The average molecular weight is 277 g/mol. The first kappa shape index (κ1) is 13.7. The molecule has 4 heteroatoms. The van der Waals surface area contributed by atoms with E-state index in [2.05, 4.69) is 0 Å². The van der Waals surface area contributed by atoms with E-state index in [1.165, 1.54) is 6.42 Å². The minimum atomic E-state index is -0.242. The number of hydrogen-bond acceptors (Lipinski definition) is 3. The Hall–Kier alpha value is -1.29. The number of amides is 1. The molecule has 1 saturated heterocycles. The van der Waals surface area contributed by atoms with Gasteiger partial charge in [-0.15, -0.1) is 0 Å². The molecule has 0 bridgehead atoms. The van der Waals surface area contributed by atoms with Gasteiger partial charge in [0.25, 0.3) is 5.91 Å². The number of furan rings is 1. The summed E-state index contributed by atoms with van der Waals surface area (Å²) in [5.41, 5.74) is 0.639. The van der Waals surface area contributed by atoms with Crippen molar-refractivity contribution in [1.29, 1.82) is 0 Å². The third-order valence-electron chi connectivity index (χ3n) is 4.81. The molecule has 1 N–H and O–H groups in total. The number of carbonyl (C=O) groups excluding carboxylic acids is 1. The first-order chi connectivity index (χ1) is 9.66. The van der Waals surface area contributed by atoms with Gasteiger partial charge in [0.2, 0.25) is 0 Å². The highest BCUT2D eigenvalue weighted by molar-refractivity contribution is 5.94. The summed E-state index contributed by atoms with van der Waals surface area (Å²) in [4.78, 5) is 14.6. The Labute approximate surface area is 119 Å². The molecule has 0 aromatic carbocycles. The maximum absolute atomic E-state index is 12.6. The summed E-state index contributed by atoms with van der Waals surface area (Å²) < 4.78 is 5.25. The SMILES string of the molecule is Cc1cc(C(=O)N2CCC[C@@H]2[C@H]2CCCC[C@@H]2O)co1. The zero-order valence-corrected chi connectivity index (χ0v) is 12.0. The van der Waals surface area contributed by atoms with Crippen molar-refractivity contribution in [3.63, 3.8) is 0 Å². The fraction of sp³-hybridized carbons (Fsp3) is 0.688. The molecule has 1 aromatic rings. The van der Waals surface area contributed by atoms with Gasteiger partial charge in [0.1, 0.15) is 12.0 Å². The van der Waals surface area contributed by atoms with Gasteiger partial charge in [-0.3, -0.25) is 4.79 Å². The van der Waals surface area contributed by atoms with Crippen LogP contribution in [-0.4, -0.2) is 34.6 Å². The number of nitrogens with zero attached hydrogens (tertiary/aromatic N) is 1. The second-order valence-electron chi connectivity index (χ2n) is 6.17. The maximum atomic E-state index is 12.6. The Morgan fingerprint density at radius 1 is 1.30 bits per heavy atom. The van der Waals surface area contributed by atoms with Crippen LogP contribution in [0.2, 0.25) is 0 Å². The normalized spacial score (nSPS) is 30.7. The zero-order chi connectivity index (χ0) is 14.1. The van der Waals surface area contributed by atoms with E-state index >= 15 is 0 Å². The van der Waals surface area contributed by atoms with Crippen molar-refractivity contribution in [2.45, 2.75) is 57.6 Å². The molecular weight excluding hydrogens is 254 g/mol. The van der Waals surface area contributed by atoms with E-state index in [0.29, 0.717) is 5.56 Å². The molecule has 20 heavy (non-hydrogen) atoms. The highest BCUT2D eigenvalue weighted by atomic mass is 16.3. The highest BCUT2D eigenvalue weighted by Gasteiger charge is 2.39. The molecule has 1 aromatic heterocycles. The summed E-state index contributed by atoms with van der Waals surface area (Å²) in [7, 11) is 0. The second-order valence-corrected chi connectivity index (χ2v) is 6.17. The van der Waals surface area contributed by atoms with Crippen molar-refractivity contribution in [2.75, 3.05) is 6.54 Å². The summed E-state index contributed by atoms with van der Waals surface area (Å²) in [5.74, 6) is 1.08. The first-order valence-corrected chi connectivity index (χ1v) is 7.71.